The summed E-state index contributed by atoms with van der Waals surface area (Å²) >= 11 is 6.09. The van der Waals surface area contributed by atoms with E-state index in [2.05, 4.69) is 10.6 Å². The molecule has 0 radical (unpaired) electrons. The second kappa shape index (κ2) is 9.64. The molecule has 1 fully saturated rings. The van der Waals surface area contributed by atoms with Crippen molar-refractivity contribution in [2.45, 2.75) is 32.2 Å². The monoisotopic (exact) mass is 352 g/mol. The molecular formula is C18H25ClN2O3. The fraction of sp³-hybridized carbons (Fsp3) is 0.556. The summed E-state index contributed by atoms with van der Waals surface area (Å²) < 4.78 is 4.92. The third-order valence-corrected chi connectivity index (χ3v) is 4.85. The van der Waals surface area contributed by atoms with Crippen LogP contribution in [0, 0.1) is 11.8 Å². The molecule has 0 unspecified atom stereocenters. The van der Waals surface area contributed by atoms with Gasteiger partial charge in [-0.3, -0.25) is 9.59 Å². The van der Waals surface area contributed by atoms with Gasteiger partial charge in [0.1, 0.15) is 0 Å². The Balaban J connectivity index is 1.72. The van der Waals surface area contributed by atoms with E-state index in [-0.39, 0.29) is 23.7 Å². The van der Waals surface area contributed by atoms with Crippen molar-refractivity contribution in [1.82, 2.24) is 10.6 Å². The molecule has 0 aromatic heterocycles. The highest BCUT2D eigenvalue weighted by molar-refractivity contribution is 6.31. The maximum Gasteiger partial charge on any atom is 0.223 e. The standard InChI is InChI=1S/C18H25ClN2O3/c1-24-11-10-20-17(22)13-6-8-14(9-7-13)18(23)21-12-15-4-2-3-5-16(15)19/h2-5,13-14H,6-12H2,1H3,(H,20,22)(H,21,23). The molecule has 2 N–H and O–H groups in total. The molecule has 5 nitrogen and oxygen atoms in total. The average Bonchev–Trinajstić information content (AvgIpc) is 2.61. The fourth-order valence-electron chi connectivity index (χ4n) is 3.01. The SMILES string of the molecule is COCCNC(=O)C1CCC(C(=O)NCc2ccccc2Cl)CC1. The topological polar surface area (TPSA) is 67.4 Å². The number of methoxy groups -OCH3 is 1. The first-order valence-corrected chi connectivity index (χ1v) is 8.77. The summed E-state index contributed by atoms with van der Waals surface area (Å²) in [6.45, 7) is 1.50. The van der Waals surface area contributed by atoms with Crippen molar-refractivity contribution in [2.75, 3.05) is 20.3 Å². The van der Waals surface area contributed by atoms with Crippen molar-refractivity contribution in [1.29, 1.82) is 0 Å². The van der Waals surface area contributed by atoms with Crippen LogP contribution in [0.4, 0.5) is 0 Å². The molecule has 1 aliphatic carbocycles. The third kappa shape index (κ3) is 5.49. The Morgan fingerprint density at radius 1 is 1.08 bits per heavy atom. The minimum absolute atomic E-state index is 0.00877. The van der Waals surface area contributed by atoms with Gasteiger partial charge in [0.05, 0.1) is 6.61 Å². The lowest BCUT2D eigenvalue weighted by atomic mass is 9.81. The quantitative estimate of drug-likeness (QED) is 0.741. The number of carbonyl (C=O) groups is 2. The summed E-state index contributed by atoms with van der Waals surface area (Å²) in [4.78, 5) is 24.3. The van der Waals surface area contributed by atoms with E-state index in [0.717, 1.165) is 31.2 Å². The molecule has 0 atom stereocenters. The number of carbonyl (C=O) groups excluding carboxylic acids is 2. The molecule has 0 bridgehead atoms. The fourth-order valence-corrected chi connectivity index (χ4v) is 3.21. The van der Waals surface area contributed by atoms with E-state index < -0.39 is 0 Å². The first-order chi connectivity index (χ1) is 11.6. The van der Waals surface area contributed by atoms with Crippen molar-refractivity contribution >= 4 is 23.4 Å². The Morgan fingerprint density at radius 2 is 1.67 bits per heavy atom. The van der Waals surface area contributed by atoms with Gasteiger partial charge in [-0.15, -0.1) is 0 Å². The Morgan fingerprint density at radius 3 is 2.25 bits per heavy atom. The molecule has 1 aliphatic rings. The summed E-state index contributed by atoms with van der Waals surface area (Å²) in [5, 5.41) is 6.49. The van der Waals surface area contributed by atoms with Gasteiger partial charge in [0.15, 0.2) is 0 Å². The summed E-state index contributed by atoms with van der Waals surface area (Å²) in [6.07, 6.45) is 3.00. The third-order valence-electron chi connectivity index (χ3n) is 4.49. The van der Waals surface area contributed by atoms with Crippen molar-refractivity contribution in [3.05, 3.63) is 34.9 Å². The number of hydrogen-bond donors (Lipinski definition) is 2. The number of halogens is 1. The zero-order valence-electron chi connectivity index (χ0n) is 14.0. The maximum atomic E-state index is 12.3. The van der Waals surface area contributed by atoms with Crippen LogP contribution in [0.2, 0.25) is 5.02 Å². The minimum Gasteiger partial charge on any atom is -0.383 e. The molecule has 24 heavy (non-hydrogen) atoms. The molecule has 1 aromatic carbocycles. The highest BCUT2D eigenvalue weighted by Gasteiger charge is 2.29. The number of nitrogens with one attached hydrogen (secondary N) is 2. The van der Waals surface area contributed by atoms with E-state index in [0.29, 0.717) is 24.7 Å². The van der Waals surface area contributed by atoms with Crippen molar-refractivity contribution in [3.8, 4) is 0 Å². The van der Waals surface area contributed by atoms with E-state index in [1.54, 1.807) is 7.11 Å². The van der Waals surface area contributed by atoms with Crippen LogP contribution in [0.3, 0.4) is 0 Å². The molecule has 2 rings (SSSR count). The van der Waals surface area contributed by atoms with E-state index in [9.17, 15) is 9.59 Å². The Bertz CT molecular complexity index is 557. The van der Waals surface area contributed by atoms with Gasteiger partial charge < -0.3 is 15.4 Å². The molecule has 6 heteroatoms. The zero-order chi connectivity index (χ0) is 17.4. The minimum atomic E-state index is -0.0180. The Kier molecular flexibility index (Phi) is 7.53. The van der Waals surface area contributed by atoms with E-state index in [1.165, 1.54) is 0 Å². The second-order valence-corrected chi connectivity index (χ2v) is 6.55. The van der Waals surface area contributed by atoms with Gasteiger partial charge in [0.25, 0.3) is 0 Å². The van der Waals surface area contributed by atoms with Crippen molar-refractivity contribution < 1.29 is 14.3 Å². The van der Waals surface area contributed by atoms with E-state index in [1.807, 2.05) is 24.3 Å². The van der Waals surface area contributed by atoms with Crippen LogP contribution >= 0.6 is 11.6 Å². The van der Waals surface area contributed by atoms with Crippen LogP contribution in [0.1, 0.15) is 31.2 Å². The first kappa shape index (κ1) is 18.7. The number of ether oxygens (including phenoxy) is 1. The Labute approximate surface area is 148 Å². The predicted octanol–water partition coefficient (Wildman–Crippen LogP) is 2.53. The predicted molar refractivity (Wildman–Crippen MR) is 93.6 cm³/mol. The molecule has 132 valence electrons. The van der Waals surface area contributed by atoms with E-state index in [4.69, 9.17) is 16.3 Å². The molecular weight excluding hydrogens is 328 g/mol. The summed E-state index contributed by atoms with van der Waals surface area (Å²) in [5.41, 5.74) is 0.915. The first-order valence-electron chi connectivity index (χ1n) is 8.39. The smallest absolute Gasteiger partial charge is 0.223 e. The van der Waals surface area contributed by atoms with Gasteiger partial charge in [0, 0.05) is 37.1 Å². The largest absolute Gasteiger partial charge is 0.383 e. The number of rotatable bonds is 7. The van der Waals surface area contributed by atoms with Crippen LogP contribution < -0.4 is 10.6 Å². The van der Waals surface area contributed by atoms with Crippen LogP contribution in [0.5, 0.6) is 0 Å². The highest BCUT2D eigenvalue weighted by atomic mass is 35.5. The van der Waals surface area contributed by atoms with Gasteiger partial charge in [-0.25, -0.2) is 0 Å². The lowest BCUT2D eigenvalue weighted by Crippen LogP contribution is -2.38. The molecule has 0 aliphatic heterocycles. The van der Waals surface area contributed by atoms with Crippen LogP contribution in [0.15, 0.2) is 24.3 Å². The number of hydrogen-bond acceptors (Lipinski definition) is 3. The molecule has 0 spiro atoms. The van der Waals surface area contributed by atoms with Crippen LogP contribution in [-0.2, 0) is 20.9 Å². The zero-order valence-corrected chi connectivity index (χ0v) is 14.8. The molecule has 1 aromatic rings. The molecule has 0 heterocycles. The van der Waals surface area contributed by atoms with Crippen LogP contribution in [-0.4, -0.2) is 32.1 Å². The number of benzene rings is 1. The summed E-state index contributed by atoms with van der Waals surface area (Å²) in [5.74, 6) is 0.111. The lowest BCUT2D eigenvalue weighted by molar-refractivity contribution is -0.130. The van der Waals surface area contributed by atoms with Gasteiger partial charge in [-0.2, -0.15) is 0 Å². The average molecular weight is 353 g/mol. The maximum absolute atomic E-state index is 12.3. The summed E-state index contributed by atoms with van der Waals surface area (Å²) in [7, 11) is 1.61. The van der Waals surface area contributed by atoms with Gasteiger partial charge in [-0.1, -0.05) is 29.8 Å². The van der Waals surface area contributed by atoms with Crippen molar-refractivity contribution in [3.63, 3.8) is 0 Å². The van der Waals surface area contributed by atoms with Gasteiger partial charge >= 0.3 is 0 Å². The summed E-state index contributed by atoms with van der Waals surface area (Å²) in [6, 6.07) is 7.49. The van der Waals surface area contributed by atoms with Crippen molar-refractivity contribution in [2.24, 2.45) is 11.8 Å². The highest BCUT2D eigenvalue weighted by Crippen LogP contribution is 2.29. The van der Waals surface area contributed by atoms with E-state index >= 15 is 0 Å². The van der Waals surface area contributed by atoms with Gasteiger partial charge in [0.2, 0.25) is 11.8 Å². The van der Waals surface area contributed by atoms with Gasteiger partial charge in [-0.05, 0) is 37.3 Å². The van der Waals surface area contributed by atoms with Crippen LogP contribution in [0.25, 0.3) is 0 Å². The Hall–Kier alpha value is -1.59. The molecule has 0 saturated heterocycles. The number of amides is 2. The normalized spacial score (nSPS) is 20.4. The molecule has 1 saturated carbocycles. The molecule has 2 amide bonds. The second-order valence-electron chi connectivity index (χ2n) is 6.14. The lowest BCUT2D eigenvalue weighted by Gasteiger charge is -2.27.